The second-order valence-electron chi connectivity index (χ2n) is 7.90. The maximum atomic E-state index is 13.3. The Bertz CT molecular complexity index is 1420. The standard InChI is InChI=1S/C26H22N2O4S/c29-26(27-22-15-14-20-10-4-5-11-21(20)16-22)25-17-28(23-12-6-7-13-24(23)32-25)33(30,31)18-19-8-2-1-3-9-19/h1-16,25H,17-18H2,(H,27,29)/t25-/m1/s1. The van der Waals surface area contributed by atoms with Crippen molar-refractivity contribution in [2.45, 2.75) is 11.9 Å². The molecule has 0 unspecified atom stereocenters. The fourth-order valence-corrected chi connectivity index (χ4v) is 5.54. The summed E-state index contributed by atoms with van der Waals surface area (Å²) in [4.78, 5) is 13.1. The Hall–Kier alpha value is -3.84. The second-order valence-corrected chi connectivity index (χ2v) is 9.79. The zero-order chi connectivity index (χ0) is 22.8. The van der Waals surface area contributed by atoms with Gasteiger partial charge in [-0.3, -0.25) is 9.10 Å². The first-order valence-electron chi connectivity index (χ1n) is 10.6. The molecule has 1 aliphatic heterocycles. The number of sulfonamides is 1. The number of anilines is 2. The van der Waals surface area contributed by atoms with Gasteiger partial charge in [-0.2, -0.15) is 0 Å². The Morgan fingerprint density at radius 1 is 0.879 bits per heavy atom. The van der Waals surface area contributed by atoms with Crippen molar-refractivity contribution in [1.29, 1.82) is 0 Å². The number of ether oxygens (including phenoxy) is 1. The zero-order valence-electron chi connectivity index (χ0n) is 17.7. The van der Waals surface area contributed by atoms with Crippen molar-refractivity contribution >= 4 is 38.1 Å². The highest BCUT2D eigenvalue weighted by atomic mass is 32.2. The van der Waals surface area contributed by atoms with E-state index >= 15 is 0 Å². The Labute approximate surface area is 192 Å². The largest absolute Gasteiger partial charge is 0.476 e. The molecule has 33 heavy (non-hydrogen) atoms. The van der Waals surface area contributed by atoms with Crippen molar-refractivity contribution in [3.8, 4) is 5.75 Å². The number of para-hydroxylation sites is 2. The van der Waals surface area contributed by atoms with Crippen LogP contribution in [0.2, 0.25) is 0 Å². The van der Waals surface area contributed by atoms with Crippen LogP contribution in [0.25, 0.3) is 10.8 Å². The van der Waals surface area contributed by atoms with E-state index in [1.54, 1.807) is 48.5 Å². The lowest BCUT2D eigenvalue weighted by molar-refractivity contribution is -0.122. The highest BCUT2D eigenvalue weighted by Gasteiger charge is 2.36. The summed E-state index contributed by atoms with van der Waals surface area (Å²) in [7, 11) is -3.74. The third-order valence-electron chi connectivity index (χ3n) is 5.57. The highest BCUT2D eigenvalue weighted by molar-refractivity contribution is 7.92. The molecular weight excluding hydrogens is 436 g/mol. The second kappa shape index (κ2) is 8.60. The summed E-state index contributed by atoms with van der Waals surface area (Å²) in [6.07, 6.45) is -0.989. The molecule has 0 aliphatic carbocycles. The molecule has 0 fully saturated rings. The Kier molecular flexibility index (Phi) is 5.48. The Morgan fingerprint density at radius 2 is 1.58 bits per heavy atom. The van der Waals surface area contributed by atoms with Gasteiger partial charge in [0.1, 0.15) is 5.75 Å². The van der Waals surface area contributed by atoms with Gasteiger partial charge in [0, 0.05) is 5.69 Å². The van der Waals surface area contributed by atoms with Gasteiger partial charge in [-0.15, -0.1) is 0 Å². The summed E-state index contributed by atoms with van der Waals surface area (Å²) >= 11 is 0. The molecule has 6 nitrogen and oxygen atoms in total. The number of carbonyl (C=O) groups excluding carboxylic acids is 1. The van der Waals surface area contributed by atoms with Crippen molar-refractivity contribution in [3.05, 3.63) is 103 Å². The maximum absolute atomic E-state index is 13.3. The molecule has 1 amide bonds. The van der Waals surface area contributed by atoms with E-state index in [9.17, 15) is 13.2 Å². The van der Waals surface area contributed by atoms with Gasteiger partial charge in [0.2, 0.25) is 10.0 Å². The number of benzene rings is 4. The van der Waals surface area contributed by atoms with Crippen LogP contribution in [0.1, 0.15) is 5.56 Å². The summed E-state index contributed by atoms with van der Waals surface area (Å²) in [5, 5.41) is 4.93. The van der Waals surface area contributed by atoms with Gasteiger partial charge in [0.05, 0.1) is 18.0 Å². The van der Waals surface area contributed by atoms with E-state index < -0.39 is 22.0 Å². The lowest BCUT2D eigenvalue weighted by Crippen LogP contribution is -2.49. The molecule has 0 spiro atoms. The lowest BCUT2D eigenvalue weighted by atomic mass is 10.1. The van der Waals surface area contributed by atoms with Crippen molar-refractivity contribution in [3.63, 3.8) is 0 Å². The van der Waals surface area contributed by atoms with Gasteiger partial charge in [-0.05, 0) is 40.6 Å². The first-order valence-corrected chi connectivity index (χ1v) is 12.2. The zero-order valence-corrected chi connectivity index (χ0v) is 18.5. The van der Waals surface area contributed by atoms with Crippen LogP contribution in [0.4, 0.5) is 11.4 Å². The molecule has 0 bridgehead atoms. The van der Waals surface area contributed by atoms with E-state index in [1.807, 2.05) is 48.5 Å². The summed E-state index contributed by atoms with van der Waals surface area (Å²) in [6, 6.07) is 29.4. The van der Waals surface area contributed by atoms with Gasteiger partial charge in [0.15, 0.2) is 6.10 Å². The number of fused-ring (bicyclic) bond motifs is 2. The van der Waals surface area contributed by atoms with E-state index in [2.05, 4.69) is 5.32 Å². The van der Waals surface area contributed by atoms with Crippen molar-refractivity contribution in [1.82, 2.24) is 0 Å². The molecule has 5 rings (SSSR count). The van der Waals surface area contributed by atoms with Crippen LogP contribution in [-0.4, -0.2) is 27.0 Å². The number of rotatable bonds is 5. The first-order chi connectivity index (χ1) is 16.0. The molecule has 4 aromatic rings. The van der Waals surface area contributed by atoms with Gasteiger partial charge in [0.25, 0.3) is 5.91 Å². The fraction of sp³-hybridized carbons (Fsp3) is 0.115. The van der Waals surface area contributed by atoms with Crippen LogP contribution in [0, 0.1) is 0 Å². The molecule has 0 saturated heterocycles. The predicted octanol–water partition coefficient (Wildman–Crippen LogP) is 4.58. The molecule has 1 N–H and O–H groups in total. The van der Waals surface area contributed by atoms with Gasteiger partial charge < -0.3 is 10.1 Å². The van der Waals surface area contributed by atoms with Crippen LogP contribution >= 0.6 is 0 Å². The topological polar surface area (TPSA) is 75.7 Å². The molecule has 166 valence electrons. The van der Waals surface area contributed by atoms with E-state index in [0.29, 0.717) is 22.7 Å². The minimum Gasteiger partial charge on any atom is -0.476 e. The van der Waals surface area contributed by atoms with E-state index in [-0.39, 0.29) is 12.3 Å². The van der Waals surface area contributed by atoms with Crippen LogP contribution in [-0.2, 0) is 20.6 Å². The molecule has 1 atom stereocenters. The predicted molar refractivity (Wildman–Crippen MR) is 130 cm³/mol. The van der Waals surface area contributed by atoms with E-state index in [4.69, 9.17) is 4.74 Å². The van der Waals surface area contributed by atoms with Gasteiger partial charge in [-0.1, -0.05) is 72.8 Å². The lowest BCUT2D eigenvalue weighted by Gasteiger charge is -2.34. The molecule has 4 aromatic carbocycles. The Morgan fingerprint density at radius 3 is 2.39 bits per heavy atom. The maximum Gasteiger partial charge on any atom is 0.267 e. The molecule has 0 aromatic heterocycles. The van der Waals surface area contributed by atoms with Crippen molar-refractivity contribution in [2.75, 3.05) is 16.2 Å². The number of nitrogens with one attached hydrogen (secondary N) is 1. The number of hydrogen-bond acceptors (Lipinski definition) is 4. The van der Waals surface area contributed by atoms with Crippen molar-refractivity contribution < 1.29 is 17.9 Å². The molecule has 7 heteroatoms. The first kappa shape index (κ1) is 21.0. The number of hydrogen-bond donors (Lipinski definition) is 1. The number of carbonyl (C=O) groups is 1. The van der Waals surface area contributed by atoms with Crippen LogP contribution in [0.5, 0.6) is 5.75 Å². The minimum absolute atomic E-state index is 0.106. The average molecular weight is 459 g/mol. The summed E-state index contributed by atoms with van der Waals surface area (Å²) in [5.41, 5.74) is 1.74. The quantitative estimate of drug-likeness (QED) is 0.475. The Balaban J connectivity index is 1.41. The number of nitrogens with zero attached hydrogens (tertiary/aromatic N) is 1. The van der Waals surface area contributed by atoms with E-state index in [1.165, 1.54) is 4.31 Å². The third-order valence-corrected chi connectivity index (χ3v) is 7.29. The fourth-order valence-electron chi connectivity index (χ4n) is 3.95. The summed E-state index contributed by atoms with van der Waals surface area (Å²) in [5.74, 6) is -0.208. The van der Waals surface area contributed by atoms with Gasteiger partial charge >= 0.3 is 0 Å². The number of amides is 1. The third kappa shape index (κ3) is 4.40. The molecule has 1 heterocycles. The van der Waals surface area contributed by atoms with Crippen LogP contribution < -0.4 is 14.4 Å². The monoisotopic (exact) mass is 458 g/mol. The summed E-state index contributed by atoms with van der Waals surface area (Å²) < 4.78 is 33.9. The van der Waals surface area contributed by atoms with Crippen molar-refractivity contribution in [2.24, 2.45) is 0 Å². The normalized spacial score (nSPS) is 15.5. The SMILES string of the molecule is O=C(Nc1ccc2ccccc2c1)[C@H]1CN(S(=O)(=O)Cc2ccccc2)c2ccccc2O1. The highest BCUT2D eigenvalue weighted by Crippen LogP contribution is 2.36. The smallest absolute Gasteiger partial charge is 0.267 e. The molecule has 0 radical (unpaired) electrons. The van der Waals surface area contributed by atoms with Crippen LogP contribution in [0.3, 0.4) is 0 Å². The molecule has 0 saturated carbocycles. The van der Waals surface area contributed by atoms with Gasteiger partial charge in [-0.25, -0.2) is 8.42 Å². The molecular formula is C26H22N2O4S. The molecule has 1 aliphatic rings. The average Bonchev–Trinajstić information content (AvgIpc) is 2.83. The minimum atomic E-state index is -3.74. The van der Waals surface area contributed by atoms with E-state index in [0.717, 1.165) is 10.8 Å². The van der Waals surface area contributed by atoms with Crippen LogP contribution in [0.15, 0.2) is 97.1 Å². The summed E-state index contributed by atoms with van der Waals surface area (Å²) in [6.45, 7) is -0.106.